The summed E-state index contributed by atoms with van der Waals surface area (Å²) < 4.78 is 0. The highest BCUT2D eigenvalue weighted by molar-refractivity contribution is 5.26. The van der Waals surface area contributed by atoms with Crippen LogP contribution in [0.25, 0.3) is 0 Å². The summed E-state index contributed by atoms with van der Waals surface area (Å²) in [4.78, 5) is 0. The number of nitrogens with one attached hydrogen (secondary N) is 1. The number of hydrogen-bond donors (Lipinski definition) is 2. The van der Waals surface area contributed by atoms with Crippen LogP contribution in [0.1, 0.15) is 55.5 Å². The van der Waals surface area contributed by atoms with Gasteiger partial charge in [-0.3, -0.25) is 0 Å². The molecule has 0 aliphatic heterocycles. The lowest BCUT2D eigenvalue weighted by atomic mass is 10.00. The molecule has 2 nitrogen and oxygen atoms in total. The Morgan fingerprint density at radius 2 is 1.38 bits per heavy atom. The average molecular weight is 283 g/mol. The van der Waals surface area contributed by atoms with Crippen molar-refractivity contribution in [2.24, 2.45) is 0 Å². The van der Waals surface area contributed by atoms with Gasteiger partial charge in [0.25, 0.3) is 0 Å². The first kappa shape index (κ1) is 15.7. The topological polar surface area (TPSA) is 32.3 Å². The molecule has 0 radical (unpaired) electrons. The van der Waals surface area contributed by atoms with Crippen LogP contribution in [0, 0.1) is 0 Å². The second-order valence-corrected chi connectivity index (χ2v) is 5.88. The summed E-state index contributed by atoms with van der Waals surface area (Å²) in [5, 5.41) is 13.7. The molecule has 0 amide bonds. The summed E-state index contributed by atoms with van der Waals surface area (Å²) >= 11 is 0. The second kappa shape index (κ2) is 7.39. The molecular formula is C19H25NO. The summed E-state index contributed by atoms with van der Waals surface area (Å²) in [5.41, 5.74) is 3.50. The van der Waals surface area contributed by atoms with Gasteiger partial charge in [-0.25, -0.2) is 0 Å². The lowest BCUT2D eigenvalue weighted by Crippen LogP contribution is -2.24. The number of rotatable bonds is 6. The van der Waals surface area contributed by atoms with E-state index in [-0.39, 0.29) is 6.04 Å². The third kappa shape index (κ3) is 4.42. The Balaban J connectivity index is 1.91. The minimum atomic E-state index is -0.475. The van der Waals surface area contributed by atoms with Crippen molar-refractivity contribution in [3.8, 4) is 0 Å². The molecule has 2 heteroatoms. The largest absolute Gasteiger partial charge is 0.387 e. The van der Waals surface area contributed by atoms with E-state index in [1.807, 2.05) is 30.3 Å². The van der Waals surface area contributed by atoms with Gasteiger partial charge in [0, 0.05) is 12.6 Å². The van der Waals surface area contributed by atoms with Crippen LogP contribution in [-0.4, -0.2) is 11.7 Å². The Kier molecular flexibility index (Phi) is 5.54. The molecular weight excluding hydrogens is 258 g/mol. The standard InChI is InChI=1S/C19H25NO/c1-14(2)16-9-11-18(12-10-16)19(21)13-20-15(3)17-7-5-4-6-8-17/h4-12,14-15,19-21H,13H2,1-3H3/t15-,19?/m0/s1. The Bertz CT molecular complexity index is 533. The van der Waals surface area contributed by atoms with Crippen LogP contribution in [0.2, 0.25) is 0 Å². The van der Waals surface area contributed by atoms with E-state index in [1.165, 1.54) is 11.1 Å². The van der Waals surface area contributed by atoms with Gasteiger partial charge < -0.3 is 10.4 Å². The molecule has 0 heterocycles. The van der Waals surface area contributed by atoms with E-state index in [9.17, 15) is 5.11 Å². The molecule has 0 aliphatic carbocycles. The fourth-order valence-electron chi connectivity index (χ4n) is 2.37. The van der Waals surface area contributed by atoms with Crippen LogP contribution in [0.15, 0.2) is 54.6 Å². The smallest absolute Gasteiger partial charge is 0.0914 e. The normalized spacial score (nSPS) is 14.1. The van der Waals surface area contributed by atoms with Crippen molar-refractivity contribution in [3.05, 3.63) is 71.3 Å². The van der Waals surface area contributed by atoms with Crippen molar-refractivity contribution >= 4 is 0 Å². The van der Waals surface area contributed by atoms with E-state index in [2.05, 4.69) is 50.4 Å². The summed E-state index contributed by atoms with van der Waals surface area (Å²) in [6.45, 7) is 7.02. The first-order valence-electron chi connectivity index (χ1n) is 7.64. The van der Waals surface area contributed by atoms with E-state index in [4.69, 9.17) is 0 Å². The zero-order valence-electron chi connectivity index (χ0n) is 13.1. The maximum absolute atomic E-state index is 10.3. The number of aliphatic hydroxyl groups excluding tert-OH is 1. The summed E-state index contributed by atoms with van der Waals surface area (Å²) in [5.74, 6) is 0.521. The minimum Gasteiger partial charge on any atom is -0.387 e. The highest BCUT2D eigenvalue weighted by Crippen LogP contribution is 2.19. The highest BCUT2D eigenvalue weighted by atomic mass is 16.3. The molecule has 0 saturated carbocycles. The van der Waals surface area contributed by atoms with Crippen molar-refractivity contribution in [3.63, 3.8) is 0 Å². The van der Waals surface area contributed by atoms with Gasteiger partial charge in [-0.1, -0.05) is 68.4 Å². The van der Waals surface area contributed by atoms with E-state index in [0.717, 1.165) is 5.56 Å². The third-order valence-electron chi connectivity index (χ3n) is 3.90. The average Bonchev–Trinajstić information content (AvgIpc) is 2.53. The molecule has 0 saturated heterocycles. The molecule has 0 aromatic heterocycles. The fraction of sp³-hybridized carbons (Fsp3) is 0.368. The predicted octanol–water partition coefficient (Wildman–Crippen LogP) is 4.19. The lowest BCUT2D eigenvalue weighted by Gasteiger charge is -2.18. The number of benzene rings is 2. The summed E-state index contributed by atoms with van der Waals surface area (Å²) in [7, 11) is 0. The summed E-state index contributed by atoms with van der Waals surface area (Å²) in [6, 6.07) is 18.8. The van der Waals surface area contributed by atoms with Gasteiger partial charge in [-0.15, -0.1) is 0 Å². The molecule has 0 aliphatic rings. The van der Waals surface area contributed by atoms with Crippen molar-refractivity contribution < 1.29 is 5.11 Å². The minimum absolute atomic E-state index is 0.232. The van der Waals surface area contributed by atoms with Gasteiger partial charge >= 0.3 is 0 Å². The summed E-state index contributed by atoms with van der Waals surface area (Å²) in [6.07, 6.45) is -0.475. The van der Waals surface area contributed by atoms with Gasteiger partial charge in [-0.2, -0.15) is 0 Å². The van der Waals surface area contributed by atoms with Crippen molar-refractivity contribution in [2.75, 3.05) is 6.54 Å². The van der Waals surface area contributed by atoms with Gasteiger partial charge in [0.15, 0.2) is 0 Å². The van der Waals surface area contributed by atoms with Crippen LogP contribution in [0.4, 0.5) is 0 Å². The quantitative estimate of drug-likeness (QED) is 0.833. The molecule has 2 atom stereocenters. The monoisotopic (exact) mass is 283 g/mol. The SMILES string of the molecule is CC(C)c1ccc(C(O)CN[C@@H](C)c2ccccc2)cc1. The zero-order valence-corrected chi connectivity index (χ0v) is 13.1. The lowest BCUT2D eigenvalue weighted by molar-refractivity contribution is 0.171. The van der Waals surface area contributed by atoms with Crippen molar-refractivity contribution in [1.29, 1.82) is 0 Å². The Hall–Kier alpha value is -1.64. The molecule has 0 fully saturated rings. The molecule has 0 bridgehead atoms. The Labute approximate surface area is 127 Å². The van der Waals surface area contributed by atoms with Gasteiger partial charge in [0.05, 0.1) is 6.10 Å². The molecule has 1 unspecified atom stereocenters. The molecule has 2 aromatic carbocycles. The molecule has 2 N–H and O–H groups in total. The van der Waals surface area contributed by atoms with Crippen LogP contribution in [-0.2, 0) is 0 Å². The third-order valence-corrected chi connectivity index (χ3v) is 3.90. The van der Waals surface area contributed by atoms with Crippen LogP contribution < -0.4 is 5.32 Å². The second-order valence-electron chi connectivity index (χ2n) is 5.88. The van der Waals surface area contributed by atoms with Crippen LogP contribution in [0.3, 0.4) is 0 Å². The molecule has 21 heavy (non-hydrogen) atoms. The molecule has 112 valence electrons. The zero-order chi connectivity index (χ0) is 15.2. The van der Waals surface area contributed by atoms with Gasteiger partial charge in [0.1, 0.15) is 0 Å². The first-order valence-corrected chi connectivity index (χ1v) is 7.64. The van der Waals surface area contributed by atoms with E-state index >= 15 is 0 Å². The fourth-order valence-corrected chi connectivity index (χ4v) is 2.37. The highest BCUT2D eigenvalue weighted by Gasteiger charge is 2.10. The van der Waals surface area contributed by atoms with E-state index in [1.54, 1.807) is 0 Å². The molecule has 0 spiro atoms. The maximum Gasteiger partial charge on any atom is 0.0914 e. The predicted molar refractivity (Wildman–Crippen MR) is 88.4 cm³/mol. The van der Waals surface area contributed by atoms with Gasteiger partial charge in [0.2, 0.25) is 0 Å². The first-order chi connectivity index (χ1) is 10.1. The molecule has 2 rings (SSSR count). The number of aliphatic hydroxyl groups is 1. The van der Waals surface area contributed by atoms with Crippen molar-refractivity contribution in [2.45, 2.75) is 38.8 Å². The number of hydrogen-bond acceptors (Lipinski definition) is 2. The van der Waals surface area contributed by atoms with Crippen LogP contribution >= 0.6 is 0 Å². The van der Waals surface area contributed by atoms with E-state index in [0.29, 0.717) is 12.5 Å². The molecule has 2 aromatic rings. The Morgan fingerprint density at radius 3 is 1.95 bits per heavy atom. The van der Waals surface area contributed by atoms with Crippen molar-refractivity contribution in [1.82, 2.24) is 5.32 Å². The van der Waals surface area contributed by atoms with Crippen LogP contribution in [0.5, 0.6) is 0 Å². The maximum atomic E-state index is 10.3. The van der Waals surface area contributed by atoms with E-state index < -0.39 is 6.10 Å². The van der Waals surface area contributed by atoms with Gasteiger partial charge in [-0.05, 0) is 29.5 Å². The Morgan fingerprint density at radius 1 is 0.810 bits per heavy atom.